The molecule has 2 aliphatic rings. The Labute approximate surface area is 172 Å². The maximum absolute atomic E-state index is 11.9. The van der Waals surface area contributed by atoms with Crippen molar-refractivity contribution in [3.8, 4) is 0 Å². The van der Waals surface area contributed by atoms with E-state index in [-0.39, 0.29) is 18.1 Å². The average molecular weight is 433 g/mol. The van der Waals surface area contributed by atoms with Crippen LogP contribution in [0.15, 0.2) is 24.4 Å². The summed E-state index contributed by atoms with van der Waals surface area (Å²) >= 11 is 0. The van der Waals surface area contributed by atoms with Crippen LogP contribution in [0, 0.1) is 0 Å². The quantitative estimate of drug-likeness (QED) is 0.770. The molecule has 3 rings (SSSR count). The summed E-state index contributed by atoms with van der Waals surface area (Å²) in [5.74, 6) is -2.68. The van der Waals surface area contributed by atoms with Crippen molar-refractivity contribution in [3.05, 3.63) is 30.1 Å². The van der Waals surface area contributed by atoms with Crippen LogP contribution in [0.3, 0.4) is 0 Å². The summed E-state index contributed by atoms with van der Waals surface area (Å²) in [4.78, 5) is 29.5. The molecule has 0 unspecified atom stereocenters. The van der Waals surface area contributed by atoms with Crippen molar-refractivity contribution in [1.29, 1.82) is 0 Å². The largest absolute Gasteiger partial charge is 0.490 e. The summed E-state index contributed by atoms with van der Waals surface area (Å²) in [7, 11) is 1.56. The zero-order valence-electron chi connectivity index (χ0n) is 16.7. The van der Waals surface area contributed by atoms with E-state index < -0.39 is 12.1 Å². The molecule has 0 aromatic carbocycles. The van der Waals surface area contributed by atoms with E-state index >= 15 is 0 Å². The standard InChI is InChI=1S/C17H25N3O3.C2HF3O2/c1-22-13-16(21)20-8-5-17(6-9-20)14-19(10-11-23-17)12-15-4-2-3-7-18-15;3-2(4,5)1(6)7/h2-4,7H,5-6,8-14H2,1H3;(H,6,7). The van der Waals surface area contributed by atoms with E-state index in [2.05, 4.69) is 16.0 Å². The third-order valence-corrected chi connectivity index (χ3v) is 4.98. The number of carboxylic acid groups (broad SMARTS) is 1. The normalized spacial score (nSPS) is 19.1. The molecule has 0 saturated carbocycles. The summed E-state index contributed by atoms with van der Waals surface area (Å²) < 4.78 is 42.8. The van der Waals surface area contributed by atoms with Crippen LogP contribution in [0.25, 0.3) is 0 Å². The fourth-order valence-corrected chi connectivity index (χ4v) is 3.46. The molecule has 2 saturated heterocycles. The predicted octanol–water partition coefficient (Wildman–Crippen LogP) is 1.55. The monoisotopic (exact) mass is 433 g/mol. The molecule has 168 valence electrons. The molecule has 3 heterocycles. The lowest BCUT2D eigenvalue weighted by Crippen LogP contribution is -2.57. The number of amides is 1. The van der Waals surface area contributed by atoms with Gasteiger partial charge in [-0.1, -0.05) is 6.07 Å². The fourth-order valence-electron chi connectivity index (χ4n) is 3.46. The van der Waals surface area contributed by atoms with Gasteiger partial charge in [-0.05, 0) is 25.0 Å². The van der Waals surface area contributed by atoms with Gasteiger partial charge in [0, 0.05) is 46.0 Å². The minimum atomic E-state index is -5.08. The molecule has 1 amide bonds. The first kappa shape index (κ1) is 24.0. The van der Waals surface area contributed by atoms with Gasteiger partial charge in [-0.15, -0.1) is 0 Å². The van der Waals surface area contributed by atoms with Gasteiger partial charge in [0.05, 0.1) is 17.9 Å². The Morgan fingerprint density at radius 2 is 1.93 bits per heavy atom. The van der Waals surface area contributed by atoms with E-state index in [1.54, 1.807) is 7.11 Å². The Hall–Kier alpha value is -2.24. The highest BCUT2D eigenvalue weighted by atomic mass is 19.4. The molecule has 0 aliphatic carbocycles. The molecule has 0 radical (unpaired) electrons. The van der Waals surface area contributed by atoms with Crippen LogP contribution in [-0.4, -0.2) is 90.0 Å². The Balaban J connectivity index is 0.000000396. The molecule has 30 heavy (non-hydrogen) atoms. The molecule has 11 heteroatoms. The van der Waals surface area contributed by atoms with Gasteiger partial charge < -0.3 is 19.5 Å². The van der Waals surface area contributed by atoms with Gasteiger partial charge in [-0.25, -0.2) is 4.79 Å². The maximum atomic E-state index is 11.9. The SMILES string of the molecule is COCC(=O)N1CCC2(CC1)CN(Cc1ccccn1)CCO2.O=C(O)C(F)(F)F. The van der Waals surface area contributed by atoms with E-state index in [4.69, 9.17) is 19.4 Å². The number of ether oxygens (including phenoxy) is 2. The number of carbonyl (C=O) groups is 2. The second-order valence-corrected chi connectivity index (χ2v) is 7.18. The molecule has 1 aromatic heterocycles. The third kappa shape index (κ3) is 7.22. The number of methoxy groups -OCH3 is 1. The molecule has 0 atom stereocenters. The number of hydrogen-bond donors (Lipinski definition) is 1. The molecule has 2 aliphatic heterocycles. The van der Waals surface area contributed by atoms with Gasteiger partial charge in [0.15, 0.2) is 0 Å². The van der Waals surface area contributed by atoms with Crippen LogP contribution >= 0.6 is 0 Å². The van der Waals surface area contributed by atoms with Gasteiger partial charge >= 0.3 is 12.1 Å². The van der Waals surface area contributed by atoms with Crippen molar-refractivity contribution in [1.82, 2.24) is 14.8 Å². The number of nitrogens with zero attached hydrogens (tertiary/aromatic N) is 3. The zero-order chi connectivity index (χ0) is 22.2. The Kier molecular flexibility index (Phi) is 8.56. The minimum absolute atomic E-state index is 0.0727. The van der Waals surface area contributed by atoms with Gasteiger partial charge in [0.2, 0.25) is 5.91 Å². The molecule has 0 bridgehead atoms. The van der Waals surface area contributed by atoms with E-state index in [0.717, 1.165) is 57.9 Å². The number of aromatic nitrogens is 1. The number of pyridine rings is 1. The Bertz CT molecular complexity index is 694. The summed E-state index contributed by atoms with van der Waals surface area (Å²) in [6.45, 7) is 5.12. The highest BCUT2D eigenvalue weighted by molar-refractivity contribution is 5.77. The number of piperidine rings is 1. The smallest absolute Gasteiger partial charge is 0.475 e. The first-order valence-corrected chi connectivity index (χ1v) is 9.48. The maximum Gasteiger partial charge on any atom is 0.490 e. The van der Waals surface area contributed by atoms with Crippen LogP contribution in [0.4, 0.5) is 13.2 Å². The van der Waals surface area contributed by atoms with Crippen molar-refractivity contribution >= 4 is 11.9 Å². The van der Waals surface area contributed by atoms with E-state index in [1.165, 1.54) is 0 Å². The van der Waals surface area contributed by atoms with Crippen LogP contribution in [0.5, 0.6) is 0 Å². The first-order chi connectivity index (χ1) is 14.1. The number of aliphatic carboxylic acids is 1. The van der Waals surface area contributed by atoms with Gasteiger partial charge in [-0.3, -0.25) is 14.7 Å². The highest BCUT2D eigenvalue weighted by Gasteiger charge is 2.40. The summed E-state index contributed by atoms with van der Waals surface area (Å²) in [6, 6.07) is 6.03. The molecule has 8 nitrogen and oxygen atoms in total. The number of halogens is 3. The average Bonchev–Trinajstić information content (AvgIpc) is 2.69. The molecule has 2 fully saturated rings. The zero-order valence-corrected chi connectivity index (χ0v) is 16.7. The van der Waals surface area contributed by atoms with Gasteiger partial charge in [0.1, 0.15) is 6.61 Å². The summed E-state index contributed by atoms with van der Waals surface area (Å²) in [6.07, 6.45) is -1.46. The van der Waals surface area contributed by atoms with E-state index in [1.807, 2.05) is 23.2 Å². The molecule has 1 N–H and O–H groups in total. The van der Waals surface area contributed by atoms with Crippen LogP contribution < -0.4 is 0 Å². The van der Waals surface area contributed by atoms with Gasteiger partial charge in [0.25, 0.3) is 0 Å². The van der Waals surface area contributed by atoms with E-state index in [0.29, 0.717) is 0 Å². The highest BCUT2D eigenvalue weighted by Crippen LogP contribution is 2.30. The lowest BCUT2D eigenvalue weighted by Gasteiger charge is -2.47. The Morgan fingerprint density at radius 3 is 2.47 bits per heavy atom. The number of morpholine rings is 1. The number of rotatable bonds is 4. The first-order valence-electron chi connectivity index (χ1n) is 9.48. The lowest BCUT2D eigenvalue weighted by molar-refractivity contribution is -0.192. The van der Waals surface area contributed by atoms with Crippen LogP contribution in [-0.2, 0) is 25.6 Å². The second-order valence-electron chi connectivity index (χ2n) is 7.18. The number of alkyl halides is 3. The van der Waals surface area contributed by atoms with Crippen molar-refractivity contribution in [2.45, 2.75) is 31.2 Å². The minimum Gasteiger partial charge on any atom is -0.475 e. The molecule has 1 spiro atoms. The molecular formula is C19H26F3N3O5. The van der Waals surface area contributed by atoms with Crippen molar-refractivity contribution < 1.29 is 37.3 Å². The number of hydrogen-bond acceptors (Lipinski definition) is 6. The third-order valence-electron chi connectivity index (χ3n) is 4.98. The number of likely N-dealkylation sites (tertiary alicyclic amines) is 1. The lowest BCUT2D eigenvalue weighted by atomic mass is 9.89. The predicted molar refractivity (Wildman–Crippen MR) is 99.6 cm³/mol. The fraction of sp³-hybridized carbons (Fsp3) is 0.632. The summed E-state index contributed by atoms with van der Waals surface area (Å²) in [5.41, 5.74) is 0.980. The van der Waals surface area contributed by atoms with E-state index in [9.17, 15) is 18.0 Å². The van der Waals surface area contributed by atoms with Gasteiger partial charge in [-0.2, -0.15) is 13.2 Å². The number of carbonyl (C=O) groups excluding carboxylic acids is 1. The molecule has 1 aromatic rings. The van der Waals surface area contributed by atoms with Crippen LogP contribution in [0.1, 0.15) is 18.5 Å². The second kappa shape index (κ2) is 10.7. The van der Waals surface area contributed by atoms with Crippen molar-refractivity contribution in [3.63, 3.8) is 0 Å². The van der Waals surface area contributed by atoms with Crippen LogP contribution in [0.2, 0.25) is 0 Å². The number of carboxylic acids is 1. The topological polar surface area (TPSA) is 92.2 Å². The summed E-state index contributed by atoms with van der Waals surface area (Å²) in [5, 5.41) is 7.12. The van der Waals surface area contributed by atoms with Crippen molar-refractivity contribution in [2.75, 3.05) is 46.5 Å². The Morgan fingerprint density at radius 1 is 1.27 bits per heavy atom. The van der Waals surface area contributed by atoms with Crippen molar-refractivity contribution in [2.24, 2.45) is 0 Å². The molecular weight excluding hydrogens is 407 g/mol.